The second-order valence-electron chi connectivity index (χ2n) is 4.36. The molecule has 0 bridgehead atoms. The molecule has 0 aromatic carbocycles. The van der Waals surface area contributed by atoms with Gasteiger partial charge in [0.05, 0.1) is 23.3 Å². The quantitative estimate of drug-likeness (QED) is 0.502. The molecule has 21 heavy (non-hydrogen) atoms. The van der Waals surface area contributed by atoms with Gasteiger partial charge >= 0.3 is 6.18 Å². The van der Waals surface area contributed by atoms with Gasteiger partial charge < -0.3 is 10.5 Å². The Labute approximate surface area is 119 Å². The summed E-state index contributed by atoms with van der Waals surface area (Å²) >= 11 is 0. The highest BCUT2D eigenvalue weighted by atomic mass is 19.4. The third-order valence-corrected chi connectivity index (χ3v) is 2.51. The third kappa shape index (κ3) is 6.15. The highest BCUT2D eigenvalue weighted by molar-refractivity contribution is 5.87. The van der Waals surface area contributed by atoms with E-state index in [0.29, 0.717) is 22.8 Å². The van der Waals surface area contributed by atoms with Crippen molar-refractivity contribution in [2.75, 3.05) is 13.1 Å². The Balaban J connectivity index is 2.52. The summed E-state index contributed by atoms with van der Waals surface area (Å²) in [5.41, 5.74) is 1.21. The second kappa shape index (κ2) is 6.96. The zero-order chi connectivity index (χ0) is 16.0. The van der Waals surface area contributed by atoms with Gasteiger partial charge in [0.25, 0.3) is 0 Å². The smallest absolute Gasteiger partial charge is 0.409 e. The molecule has 8 heteroatoms. The SMILES string of the molecule is Cc1cc(=NCCNC(=O)C=CC(F)(F)F)cc(C)n1O. The number of hydrogen-bond acceptors (Lipinski definition) is 3. The number of carbonyl (C=O) groups excluding carboxylic acids is 1. The number of nitrogens with zero attached hydrogens (tertiary/aromatic N) is 2. The normalized spacial score (nSPS) is 11.7. The van der Waals surface area contributed by atoms with Crippen molar-refractivity contribution in [3.05, 3.63) is 41.0 Å². The van der Waals surface area contributed by atoms with Gasteiger partial charge in [-0.2, -0.15) is 17.9 Å². The lowest BCUT2D eigenvalue weighted by molar-refractivity contribution is -0.117. The number of nitrogens with one attached hydrogen (secondary N) is 1. The van der Waals surface area contributed by atoms with Crippen molar-refractivity contribution in [3.8, 4) is 0 Å². The van der Waals surface area contributed by atoms with E-state index >= 15 is 0 Å². The standard InChI is InChI=1S/C13H16F3N3O2/c1-9-7-11(8-10(2)19(9)21)17-5-6-18-12(20)3-4-13(14,15)16/h3-4,7-8,21H,5-6H2,1-2H3,(H,18,20). The van der Waals surface area contributed by atoms with Crippen molar-refractivity contribution in [1.29, 1.82) is 0 Å². The number of hydrogen-bond donors (Lipinski definition) is 2. The Kier molecular flexibility index (Phi) is 5.57. The molecular weight excluding hydrogens is 287 g/mol. The number of rotatable bonds is 4. The van der Waals surface area contributed by atoms with Crippen LogP contribution in [0.3, 0.4) is 0 Å². The predicted octanol–water partition coefficient (Wildman–Crippen LogP) is 1.48. The molecule has 0 aliphatic carbocycles. The highest BCUT2D eigenvalue weighted by Gasteiger charge is 2.22. The first-order valence-electron chi connectivity index (χ1n) is 6.13. The lowest BCUT2D eigenvalue weighted by Crippen LogP contribution is -2.25. The molecule has 0 atom stereocenters. The van der Waals surface area contributed by atoms with Gasteiger partial charge in [0.2, 0.25) is 5.91 Å². The van der Waals surface area contributed by atoms with E-state index in [4.69, 9.17) is 0 Å². The van der Waals surface area contributed by atoms with Gasteiger partial charge in [0.15, 0.2) is 0 Å². The molecule has 0 spiro atoms. The van der Waals surface area contributed by atoms with Crippen molar-refractivity contribution in [2.45, 2.75) is 20.0 Å². The van der Waals surface area contributed by atoms with Gasteiger partial charge in [-0.15, -0.1) is 0 Å². The fourth-order valence-electron chi connectivity index (χ4n) is 1.55. The topological polar surface area (TPSA) is 66.6 Å². The summed E-state index contributed by atoms with van der Waals surface area (Å²) in [5, 5.41) is 12.4. The number of amides is 1. The van der Waals surface area contributed by atoms with Gasteiger partial charge in [-0.3, -0.25) is 9.79 Å². The zero-order valence-corrected chi connectivity index (χ0v) is 11.6. The molecule has 2 N–H and O–H groups in total. The highest BCUT2D eigenvalue weighted by Crippen LogP contribution is 2.15. The Morgan fingerprint density at radius 3 is 2.48 bits per heavy atom. The molecule has 0 unspecified atom stereocenters. The molecule has 1 amide bonds. The molecule has 0 fully saturated rings. The molecule has 0 saturated carbocycles. The van der Waals surface area contributed by atoms with Gasteiger partial charge in [-0.1, -0.05) is 0 Å². The van der Waals surface area contributed by atoms with Crippen LogP contribution in [0.25, 0.3) is 0 Å². The van der Waals surface area contributed by atoms with E-state index in [9.17, 15) is 23.2 Å². The van der Waals surface area contributed by atoms with E-state index < -0.39 is 12.1 Å². The molecule has 1 aromatic heterocycles. The molecular formula is C13H16F3N3O2. The number of aromatic nitrogens is 1. The Hall–Kier alpha value is -2.25. The van der Waals surface area contributed by atoms with Crippen LogP contribution in [0.5, 0.6) is 0 Å². The number of allylic oxidation sites excluding steroid dienone is 1. The molecule has 0 aliphatic heterocycles. The van der Waals surface area contributed by atoms with Crippen LogP contribution in [0.15, 0.2) is 29.3 Å². The van der Waals surface area contributed by atoms with Crippen LogP contribution in [0.1, 0.15) is 11.4 Å². The first-order chi connectivity index (χ1) is 9.69. The fourth-order valence-corrected chi connectivity index (χ4v) is 1.55. The Morgan fingerprint density at radius 2 is 1.95 bits per heavy atom. The first-order valence-corrected chi connectivity index (χ1v) is 6.13. The Bertz CT molecular complexity index is 577. The number of carbonyl (C=O) groups is 1. The van der Waals surface area contributed by atoms with Crippen molar-refractivity contribution in [3.63, 3.8) is 0 Å². The van der Waals surface area contributed by atoms with E-state index in [1.807, 2.05) is 0 Å². The lowest BCUT2D eigenvalue weighted by Gasteiger charge is -2.06. The number of halogens is 3. The summed E-state index contributed by atoms with van der Waals surface area (Å²) in [6.45, 7) is 3.75. The fraction of sp³-hybridized carbons (Fsp3) is 0.385. The summed E-state index contributed by atoms with van der Waals surface area (Å²) in [4.78, 5) is 15.2. The Morgan fingerprint density at radius 1 is 1.38 bits per heavy atom. The molecule has 5 nitrogen and oxygen atoms in total. The summed E-state index contributed by atoms with van der Waals surface area (Å²) in [7, 11) is 0. The van der Waals surface area contributed by atoms with Crippen LogP contribution in [-0.4, -0.2) is 35.1 Å². The van der Waals surface area contributed by atoms with E-state index in [1.165, 1.54) is 0 Å². The summed E-state index contributed by atoms with van der Waals surface area (Å²) in [5.74, 6) is -0.823. The van der Waals surface area contributed by atoms with Crippen LogP contribution in [0.2, 0.25) is 0 Å². The lowest BCUT2D eigenvalue weighted by atomic mass is 10.3. The minimum atomic E-state index is -4.50. The summed E-state index contributed by atoms with van der Waals surface area (Å²) in [6, 6.07) is 3.30. The van der Waals surface area contributed by atoms with Crippen LogP contribution in [-0.2, 0) is 4.79 Å². The first kappa shape index (κ1) is 16.8. The second-order valence-corrected chi connectivity index (χ2v) is 4.36. The van der Waals surface area contributed by atoms with E-state index in [0.717, 1.165) is 4.73 Å². The van der Waals surface area contributed by atoms with E-state index in [2.05, 4.69) is 10.3 Å². The maximum Gasteiger partial charge on any atom is 0.409 e. The van der Waals surface area contributed by atoms with Crippen molar-refractivity contribution >= 4 is 5.91 Å². The maximum atomic E-state index is 11.8. The third-order valence-electron chi connectivity index (χ3n) is 2.51. The van der Waals surface area contributed by atoms with Crippen LogP contribution in [0, 0.1) is 13.8 Å². The molecule has 1 heterocycles. The van der Waals surface area contributed by atoms with Crippen LogP contribution < -0.4 is 10.7 Å². The minimum Gasteiger partial charge on any atom is -0.428 e. The predicted molar refractivity (Wildman–Crippen MR) is 69.7 cm³/mol. The number of aryl methyl sites for hydroxylation is 2. The van der Waals surface area contributed by atoms with E-state index in [1.54, 1.807) is 26.0 Å². The van der Waals surface area contributed by atoms with E-state index in [-0.39, 0.29) is 19.2 Å². The van der Waals surface area contributed by atoms with Gasteiger partial charge in [0.1, 0.15) is 0 Å². The molecule has 116 valence electrons. The van der Waals surface area contributed by atoms with Gasteiger partial charge in [-0.25, -0.2) is 0 Å². The van der Waals surface area contributed by atoms with Crippen molar-refractivity contribution in [2.24, 2.45) is 4.99 Å². The molecule has 0 saturated heterocycles. The van der Waals surface area contributed by atoms with Crippen molar-refractivity contribution in [1.82, 2.24) is 10.0 Å². The average Bonchev–Trinajstić information content (AvgIpc) is 2.37. The average molecular weight is 303 g/mol. The van der Waals surface area contributed by atoms with Gasteiger partial charge in [-0.05, 0) is 26.0 Å². The molecule has 1 rings (SSSR count). The minimum absolute atomic E-state index is 0.118. The summed E-state index contributed by atoms with van der Waals surface area (Å²) < 4.78 is 36.5. The number of alkyl halides is 3. The molecule has 0 radical (unpaired) electrons. The van der Waals surface area contributed by atoms with Gasteiger partial charge in [0, 0.05) is 18.7 Å². The zero-order valence-electron chi connectivity index (χ0n) is 11.6. The van der Waals surface area contributed by atoms with Crippen LogP contribution >= 0.6 is 0 Å². The molecule has 1 aromatic rings. The largest absolute Gasteiger partial charge is 0.428 e. The van der Waals surface area contributed by atoms with Crippen molar-refractivity contribution < 1.29 is 23.2 Å². The maximum absolute atomic E-state index is 11.8. The summed E-state index contributed by atoms with van der Waals surface area (Å²) in [6.07, 6.45) is -4.19. The van der Waals surface area contributed by atoms with Crippen LogP contribution in [0.4, 0.5) is 13.2 Å². The molecule has 0 aliphatic rings. The monoisotopic (exact) mass is 303 g/mol. The number of pyridine rings is 1.